The van der Waals surface area contributed by atoms with Crippen molar-refractivity contribution >= 4 is 27.7 Å². The summed E-state index contributed by atoms with van der Waals surface area (Å²) in [6.45, 7) is 9.72. The minimum absolute atomic E-state index is 0.245. The molecule has 0 spiro atoms. The highest BCUT2D eigenvalue weighted by molar-refractivity contribution is 6.16. The van der Waals surface area contributed by atoms with Crippen molar-refractivity contribution in [3.8, 4) is 5.69 Å². The predicted molar refractivity (Wildman–Crippen MR) is 133 cm³/mol. The number of hydrogen-bond donors (Lipinski definition) is 1. The van der Waals surface area contributed by atoms with E-state index in [1.165, 1.54) is 4.68 Å². The lowest BCUT2D eigenvalue weighted by Crippen LogP contribution is -2.32. The molecule has 33 heavy (non-hydrogen) atoms. The van der Waals surface area contributed by atoms with Crippen LogP contribution < -0.4 is 10.9 Å². The smallest absolute Gasteiger partial charge is 0.296 e. The molecule has 0 saturated heterocycles. The minimum Gasteiger partial charge on any atom is -0.351 e. The summed E-state index contributed by atoms with van der Waals surface area (Å²) in [5.41, 5.74) is 3.11. The van der Waals surface area contributed by atoms with Gasteiger partial charge in [-0.15, -0.1) is 0 Å². The van der Waals surface area contributed by atoms with E-state index in [0.29, 0.717) is 23.1 Å². The summed E-state index contributed by atoms with van der Waals surface area (Å²) < 4.78 is 3.20. The monoisotopic (exact) mass is 445 g/mol. The summed E-state index contributed by atoms with van der Waals surface area (Å²) in [6.07, 6.45) is 0.851. The number of fused-ring (bicyclic) bond motifs is 3. The van der Waals surface area contributed by atoms with Crippen molar-refractivity contribution in [2.75, 3.05) is 26.2 Å². The van der Waals surface area contributed by atoms with Crippen LogP contribution in [0.5, 0.6) is 0 Å². The number of rotatable bonds is 8. The third-order valence-electron chi connectivity index (χ3n) is 6.26. The normalized spacial score (nSPS) is 11.5. The molecule has 0 aliphatic rings. The van der Waals surface area contributed by atoms with Crippen molar-refractivity contribution in [3.05, 3.63) is 70.1 Å². The topological polar surface area (TPSA) is 72.2 Å². The summed E-state index contributed by atoms with van der Waals surface area (Å²) in [7, 11) is 1.86. The zero-order chi connectivity index (χ0) is 23.5. The van der Waals surface area contributed by atoms with Crippen LogP contribution in [0.3, 0.4) is 0 Å². The summed E-state index contributed by atoms with van der Waals surface area (Å²) in [4.78, 5) is 29.2. The van der Waals surface area contributed by atoms with Crippen molar-refractivity contribution in [3.63, 3.8) is 0 Å². The van der Waals surface area contributed by atoms with E-state index in [-0.39, 0.29) is 17.2 Å². The fourth-order valence-electron chi connectivity index (χ4n) is 4.33. The Morgan fingerprint density at radius 1 is 1.06 bits per heavy atom. The molecule has 0 unspecified atom stereocenters. The number of amides is 1. The van der Waals surface area contributed by atoms with E-state index in [1.807, 2.05) is 67.1 Å². The molecular weight excluding hydrogens is 414 g/mol. The van der Waals surface area contributed by atoms with Gasteiger partial charge in [-0.2, -0.15) is 9.78 Å². The third kappa shape index (κ3) is 4.28. The van der Waals surface area contributed by atoms with Gasteiger partial charge in [-0.3, -0.25) is 9.59 Å². The number of carbonyl (C=O) groups is 1. The molecule has 7 heteroatoms. The quantitative estimate of drug-likeness (QED) is 0.420. The average Bonchev–Trinajstić information content (AvgIpc) is 3.13. The highest BCUT2D eigenvalue weighted by Crippen LogP contribution is 2.28. The molecule has 0 atom stereocenters. The Labute approximate surface area is 193 Å². The SMILES string of the molecule is CCN(CC)CCCNC(=O)c1nn(-c2ccc(C)cc2)c(=O)c2c1c1ccccc1n2C. The average molecular weight is 446 g/mol. The van der Waals surface area contributed by atoms with E-state index in [2.05, 4.69) is 29.2 Å². The third-order valence-corrected chi connectivity index (χ3v) is 6.26. The van der Waals surface area contributed by atoms with E-state index in [1.54, 1.807) is 0 Å². The van der Waals surface area contributed by atoms with Gasteiger partial charge in [-0.05, 0) is 51.2 Å². The lowest BCUT2D eigenvalue weighted by molar-refractivity contribution is 0.0947. The standard InChI is InChI=1S/C26H31N5O2/c1-5-30(6-2)17-9-16-27-25(32)23-22-20-10-7-8-11-21(20)29(4)24(22)26(33)31(28-23)19-14-12-18(3)13-15-19/h7-8,10-15H,5-6,9,16-17H2,1-4H3,(H,27,32). The number of aryl methyl sites for hydroxylation is 2. The molecule has 1 amide bonds. The molecule has 0 aliphatic carbocycles. The van der Waals surface area contributed by atoms with Gasteiger partial charge in [0.25, 0.3) is 11.5 Å². The van der Waals surface area contributed by atoms with Gasteiger partial charge >= 0.3 is 0 Å². The molecular formula is C26H31N5O2. The Morgan fingerprint density at radius 2 is 1.76 bits per heavy atom. The van der Waals surface area contributed by atoms with Gasteiger partial charge in [0.1, 0.15) is 5.52 Å². The zero-order valence-electron chi connectivity index (χ0n) is 19.8. The van der Waals surface area contributed by atoms with E-state index >= 15 is 0 Å². The van der Waals surface area contributed by atoms with Crippen LogP contribution in [0.15, 0.2) is 53.3 Å². The Morgan fingerprint density at radius 3 is 2.45 bits per heavy atom. The number of benzene rings is 2. The molecule has 2 aromatic heterocycles. The number of aromatic nitrogens is 3. The van der Waals surface area contributed by atoms with Gasteiger partial charge in [0.05, 0.1) is 5.69 Å². The summed E-state index contributed by atoms with van der Waals surface area (Å²) in [6, 6.07) is 15.3. The molecule has 0 bridgehead atoms. The molecule has 7 nitrogen and oxygen atoms in total. The maximum Gasteiger partial charge on any atom is 0.296 e. The maximum absolute atomic E-state index is 13.5. The maximum atomic E-state index is 13.5. The fourth-order valence-corrected chi connectivity index (χ4v) is 4.33. The van der Waals surface area contributed by atoms with Crippen LogP contribution in [0, 0.1) is 6.92 Å². The highest BCUT2D eigenvalue weighted by atomic mass is 16.2. The van der Waals surface area contributed by atoms with E-state index < -0.39 is 0 Å². The molecule has 172 valence electrons. The molecule has 2 aromatic carbocycles. The van der Waals surface area contributed by atoms with Gasteiger partial charge in [0.2, 0.25) is 0 Å². The van der Waals surface area contributed by atoms with Gasteiger partial charge < -0.3 is 14.8 Å². The minimum atomic E-state index is -0.267. The van der Waals surface area contributed by atoms with Crippen LogP contribution in [0.25, 0.3) is 27.5 Å². The van der Waals surface area contributed by atoms with E-state index in [4.69, 9.17) is 0 Å². The second kappa shape index (κ2) is 9.58. The lowest BCUT2D eigenvalue weighted by atomic mass is 10.1. The second-order valence-electron chi connectivity index (χ2n) is 8.34. The van der Waals surface area contributed by atoms with E-state index in [9.17, 15) is 9.59 Å². The number of hydrogen-bond acceptors (Lipinski definition) is 4. The Hall–Kier alpha value is -3.45. The van der Waals surface area contributed by atoms with Gasteiger partial charge in [-0.1, -0.05) is 49.7 Å². The van der Waals surface area contributed by atoms with Crippen molar-refractivity contribution in [2.24, 2.45) is 7.05 Å². The Kier molecular flexibility index (Phi) is 6.60. The first-order chi connectivity index (χ1) is 16.0. The molecule has 4 rings (SSSR count). The van der Waals surface area contributed by atoms with Crippen LogP contribution in [0.2, 0.25) is 0 Å². The summed E-state index contributed by atoms with van der Waals surface area (Å²) >= 11 is 0. The van der Waals surface area contributed by atoms with Crippen LogP contribution in [-0.2, 0) is 7.05 Å². The lowest BCUT2D eigenvalue weighted by Gasteiger charge is -2.17. The second-order valence-corrected chi connectivity index (χ2v) is 8.34. The van der Waals surface area contributed by atoms with Gasteiger partial charge in [0, 0.05) is 29.9 Å². The highest BCUT2D eigenvalue weighted by Gasteiger charge is 2.23. The van der Waals surface area contributed by atoms with Crippen LogP contribution in [-0.4, -0.2) is 51.3 Å². The van der Waals surface area contributed by atoms with E-state index in [0.717, 1.165) is 42.5 Å². The van der Waals surface area contributed by atoms with Crippen molar-refractivity contribution in [1.29, 1.82) is 0 Å². The Bertz CT molecular complexity index is 1350. The first kappa shape index (κ1) is 22.7. The number of para-hydroxylation sites is 1. The number of carbonyl (C=O) groups excluding carboxylic acids is 1. The molecule has 0 radical (unpaired) electrons. The molecule has 0 aliphatic heterocycles. The molecule has 4 aromatic rings. The van der Waals surface area contributed by atoms with Crippen molar-refractivity contribution in [2.45, 2.75) is 27.2 Å². The Balaban J connectivity index is 1.81. The fraction of sp³-hybridized carbons (Fsp3) is 0.346. The van der Waals surface area contributed by atoms with Gasteiger partial charge in [0.15, 0.2) is 5.69 Å². The first-order valence-corrected chi connectivity index (χ1v) is 11.5. The number of nitrogens with one attached hydrogen (secondary N) is 1. The predicted octanol–water partition coefficient (Wildman–Crippen LogP) is 3.65. The summed E-state index contributed by atoms with van der Waals surface area (Å²) in [5.74, 6) is -0.267. The van der Waals surface area contributed by atoms with Crippen molar-refractivity contribution in [1.82, 2.24) is 24.6 Å². The molecule has 0 fully saturated rings. The van der Waals surface area contributed by atoms with Crippen LogP contribution in [0.4, 0.5) is 0 Å². The largest absolute Gasteiger partial charge is 0.351 e. The van der Waals surface area contributed by atoms with Crippen LogP contribution >= 0.6 is 0 Å². The van der Waals surface area contributed by atoms with Crippen LogP contribution in [0.1, 0.15) is 36.3 Å². The van der Waals surface area contributed by atoms with Crippen molar-refractivity contribution < 1.29 is 4.79 Å². The van der Waals surface area contributed by atoms with Gasteiger partial charge in [-0.25, -0.2) is 0 Å². The molecule has 0 saturated carbocycles. The molecule has 1 N–H and O–H groups in total. The first-order valence-electron chi connectivity index (χ1n) is 11.5. The summed E-state index contributed by atoms with van der Waals surface area (Å²) in [5, 5.41) is 9.05. The molecule has 2 heterocycles. The zero-order valence-corrected chi connectivity index (χ0v) is 19.8. The number of nitrogens with zero attached hydrogens (tertiary/aromatic N) is 4.